The molecular formula is C14H20FN3O3. The summed E-state index contributed by atoms with van der Waals surface area (Å²) in [7, 11) is 0. The quantitative estimate of drug-likeness (QED) is 0.858. The third-order valence-corrected chi connectivity index (χ3v) is 3.04. The van der Waals surface area contributed by atoms with Crippen LogP contribution in [0, 0.1) is 5.82 Å². The van der Waals surface area contributed by atoms with Crippen LogP contribution in [0.15, 0.2) is 12.3 Å². The van der Waals surface area contributed by atoms with E-state index in [-0.39, 0.29) is 17.7 Å². The molecule has 0 aromatic carbocycles. The molecule has 7 heteroatoms. The van der Waals surface area contributed by atoms with E-state index >= 15 is 0 Å². The summed E-state index contributed by atoms with van der Waals surface area (Å²) < 4.78 is 19.0. The molecule has 1 aromatic heterocycles. The monoisotopic (exact) mass is 297 g/mol. The molecule has 0 unspecified atom stereocenters. The lowest BCUT2D eigenvalue weighted by Gasteiger charge is -2.36. The Bertz CT molecular complexity index is 523. The maximum atomic E-state index is 13.7. The van der Waals surface area contributed by atoms with E-state index in [0.717, 1.165) is 6.07 Å². The molecule has 0 saturated carbocycles. The van der Waals surface area contributed by atoms with Crippen molar-refractivity contribution < 1.29 is 19.0 Å². The van der Waals surface area contributed by atoms with Crippen LogP contribution in [0.4, 0.5) is 15.0 Å². The largest absolute Gasteiger partial charge is 0.506 e. The molecule has 1 aliphatic heterocycles. The molecule has 21 heavy (non-hydrogen) atoms. The molecule has 0 aliphatic carbocycles. The fourth-order valence-corrected chi connectivity index (χ4v) is 2.08. The summed E-state index contributed by atoms with van der Waals surface area (Å²) >= 11 is 0. The molecule has 1 fully saturated rings. The molecule has 2 rings (SSSR count). The first-order valence-corrected chi connectivity index (χ1v) is 6.83. The van der Waals surface area contributed by atoms with E-state index in [1.165, 1.54) is 6.20 Å². The van der Waals surface area contributed by atoms with E-state index in [0.29, 0.717) is 26.2 Å². The Morgan fingerprint density at radius 2 is 1.95 bits per heavy atom. The maximum Gasteiger partial charge on any atom is 0.410 e. The van der Waals surface area contributed by atoms with Gasteiger partial charge < -0.3 is 19.6 Å². The van der Waals surface area contributed by atoms with Gasteiger partial charge in [-0.15, -0.1) is 0 Å². The summed E-state index contributed by atoms with van der Waals surface area (Å²) in [6.45, 7) is 7.26. The number of ether oxygens (including phenoxy) is 1. The molecule has 1 aromatic rings. The van der Waals surface area contributed by atoms with E-state index in [1.807, 2.05) is 20.8 Å². The normalized spacial score (nSPS) is 16.0. The van der Waals surface area contributed by atoms with Crippen LogP contribution < -0.4 is 4.90 Å². The number of rotatable bonds is 1. The zero-order valence-corrected chi connectivity index (χ0v) is 12.5. The first-order valence-electron chi connectivity index (χ1n) is 6.83. The minimum atomic E-state index is -0.569. The van der Waals surface area contributed by atoms with Crippen LogP contribution in [0.3, 0.4) is 0 Å². The number of hydrogen-bond donors (Lipinski definition) is 1. The van der Waals surface area contributed by atoms with Gasteiger partial charge in [0.1, 0.15) is 11.4 Å². The SMILES string of the molecule is CC(C)(C)OC(=O)N1CCN(c2ncc(O)cc2F)CC1. The number of anilines is 1. The minimum absolute atomic E-state index is 0.191. The number of aromatic nitrogens is 1. The lowest BCUT2D eigenvalue weighted by atomic mass is 10.2. The molecule has 1 N–H and O–H groups in total. The van der Waals surface area contributed by atoms with Gasteiger partial charge in [0.05, 0.1) is 6.20 Å². The van der Waals surface area contributed by atoms with Crippen molar-refractivity contribution in [2.45, 2.75) is 26.4 Å². The number of nitrogens with zero attached hydrogens (tertiary/aromatic N) is 3. The van der Waals surface area contributed by atoms with Crippen LogP contribution in [0.5, 0.6) is 5.75 Å². The summed E-state index contributed by atoms with van der Waals surface area (Å²) in [5.41, 5.74) is -0.529. The predicted octanol–water partition coefficient (Wildman–Crippen LogP) is 1.98. The van der Waals surface area contributed by atoms with Crippen molar-refractivity contribution in [2.75, 3.05) is 31.1 Å². The number of amides is 1. The maximum absolute atomic E-state index is 13.7. The second-order valence-electron chi connectivity index (χ2n) is 5.95. The molecule has 2 heterocycles. The summed E-state index contributed by atoms with van der Waals surface area (Å²) in [5.74, 6) is -0.582. The Balaban J connectivity index is 1.95. The van der Waals surface area contributed by atoms with Crippen LogP contribution in [0.1, 0.15) is 20.8 Å². The molecule has 0 bridgehead atoms. The fourth-order valence-electron chi connectivity index (χ4n) is 2.08. The third kappa shape index (κ3) is 3.96. The second-order valence-corrected chi connectivity index (χ2v) is 5.95. The van der Waals surface area contributed by atoms with Crippen LogP contribution >= 0.6 is 0 Å². The van der Waals surface area contributed by atoms with Gasteiger partial charge in [-0.25, -0.2) is 14.2 Å². The Morgan fingerprint density at radius 3 is 2.48 bits per heavy atom. The average molecular weight is 297 g/mol. The number of hydrogen-bond acceptors (Lipinski definition) is 5. The summed E-state index contributed by atoms with van der Waals surface area (Å²) in [4.78, 5) is 19.2. The van der Waals surface area contributed by atoms with Gasteiger partial charge in [0.2, 0.25) is 0 Å². The van der Waals surface area contributed by atoms with Crippen molar-refractivity contribution in [3.8, 4) is 5.75 Å². The third-order valence-electron chi connectivity index (χ3n) is 3.04. The van der Waals surface area contributed by atoms with Gasteiger partial charge in [0.25, 0.3) is 0 Å². The minimum Gasteiger partial charge on any atom is -0.506 e. The highest BCUT2D eigenvalue weighted by Gasteiger charge is 2.27. The Hall–Kier alpha value is -2.05. The standard InChI is InChI=1S/C14H20FN3O3/c1-14(2,3)21-13(20)18-6-4-17(5-7-18)12-11(15)8-10(19)9-16-12/h8-9,19H,4-7H2,1-3H3. The molecule has 6 nitrogen and oxygen atoms in total. The molecule has 0 atom stereocenters. The zero-order valence-electron chi connectivity index (χ0n) is 12.5. The van der Waals surface area contributed by atoms with Crippen LogP contribution in [-0.2, 0) is 4.74 Å². The predicted molar refractivity (Wildman–Crippen MR) is 75.9 cm³/mol. The van der Waals surface area contributed by atoms with Gasteiger partial charge in [0.15, 0.2) is 11.6 Å². The Morgan fingerprint density at radius 1 is 1.33 bits per heavy atom. The summed E-state index contributed by atoms with van der Waals surface area (Å²) in [5, 5.41) is 9.17. The molecule has 1 saturated heterocycles. The second kappa shape index (κ2) is 5.75. The lowest BCUT2D eigenvalue weighted by Crippen LogP contribution is -2.50. The number of carbonyl (C=O) groups excluding carboxylic acids is 1. The van der Waals surface area contributed by atoms with Gasteiger partial charge in [-0.1, -0.05) is 0 Å². The van der Waals surface area contributed by atoms with Crippen LogP contribution in [0.25, 0.3) is 0 Å². The number of aromatic hydroxyl groups is 1. The lowest BCUT2D eigenvalue weighted by molar-refractivity contribution is 0.0240. The number of halogens is 1. The van der Waals surface area contributed by atoms with Crippen molar-refractivity contribution >= 4 is 11.9 Å². The van der Waals surface area contributed by atoms with Gasteiger partial charge in [0, 0.05) is 32.2 Å². The molecule has 0 radical (unpaired) electrons. The van der Waals surface area contributed by atoms with E-state index in [1.54, 1.807) is 9.80 Å². The van der Waals surface area contributed by atoms with Crippen molar-refractivity contribution in [3.63, 3.8) is 0 Å². The number of pyridine rings is 1. The van der Waals surface area contributed by atoms with E-state index < -0.39 is 11.4 Å². The van der Waals surface area contributed by atoms with Crippen molar-refractivity contribution in [2.24, 2.45) is 0 Å². The summed E-state index contributed by atoms with van der Waals surface area (Å²) in [6.07, 6.45) is 0.847. The van der Waals surface area contributed by atoms with Crippen molar-refractivity contribution in [1.82, 2.24) is 9.88 Å². The number of piperazine rings is 1. The highest BCUT2D eigenvalue weighted by atomic mass is 19.1. The molecule has 0 spiro atoms. The molecular weight excluding hydrogens is 277 g/mol. The first-order chi connectivity index (χ1) is 9.76. The first kappa shape index (κ1) is 15.3. The van der Waals surface area contributed by atoms with Crippen LogP contribution in [0.2, 0.25) is 0 Å². The average Bonchev–Trinajstić information content (AvgIpc) is 2.37. The molecule has 1 amide bonds. The van der Waals surface area contributed by atoms with E-state index in [9.17, 15) is 9.18 Å². The number of carbonyl (C=O) groups is 1. The van der Waals surface area contributed by atoms with E-state index in [2.05, 4.69) is 4.98 Å². The Kier molecular flexibility index (Phi) is 4.20. The fraction of sp³-hybridized carbons (Fsp3) is 0.571. The van der Waals surface area contributed by atoms with Gasteiger partial charge in [-0.05, 0) is 20.8 Å². The van der Waals surface area contributed by atoms with Crippen LogP contribution in [-0.4, -0.2) is 52.9 Å². The summed E-state index contributed by atoms with van der Waals surface area (Å²) in [6, 6.07) is 1.03. The van der Waals surface area contributed by atoms with Gasteiger partial charge in [-0.3, -0.25) is 0 Å². The smallest absolute Gasteiger partial charge is 0.410 e. The highest BCUT2D eigenvalue weighted by molar-refractivity contribution is 5.68. The van der Waals surface area contributed by atoms with Crippen molar-refractivity contribution in [1.29, 1.82) is 0 Å². The zero-order chi connectivity index (χ0) is 15.6. The molecule has 116 valence electrons. The Labute approximate surface area is 123 Å². The van der Waals surface area contributed by atoms with E-state index in [4.69, 9.17) is 9.84 Å². The van der Waals surface area contributed by atoms with Gasteiger partial charge in [-0.2, -0.15) is 0 Å². The highest BCUT2D eigenvalue weighted by Crippen LogP contribution is 2.21. The van der Waals surface area contributed by atoms with Gasteiger partial charge >= 0.3 is 6.09 Å². The van der Waals surface area contributed by atoms with Crippen molar-refractivity contribution in [3.05, 3.63) is 18.1 Å². The molecule has 1 aliphatic rings. The topological polar surface area (TPSA) is 65.9 Å².